The first-order chi connectivity index (χ1) is 7.29. The van der Waals surface area contributed by atoms with Gasteiger partial charge in [0.25, 0.3) is 0 Å². The van der Waals surface area contributed by atoms with E-state index in [2.05, 4.69) is 0 Å². The summed E-state index contributed by atoms with van der Waals surface area (Å²) in [6.45, 7) is 0.889. The molecule has 0 saturated heterocycles. The highest BCUT2D eigenvalue weighted by Gasteiger charge is 2.06. The van der Waals surface area contributed by atoms with E-state index in [9.17, 15) is 0 Å². The third-order valence-electron chi connectivity index (χ3n) is 1.81. The fourth-order valence-corrected chi connectivity index (χ4v) is 1.09. The molecule has 0 saturated carbocycles. The van der Waals surface area contributed by atoms with Gasteiger partial charge < -0.3 is 9.47 Å². The average Bonchev–Trinajstić information content (AvgIpc) is 2.29. The summed E-state index contributed by atoms with van der Waals surface area (Å²) in [5.74, 6) is 0.448. The molecule has 3 N–H and O–H groups in total. The predicted molar refractivity (Wildman–Crippen MR) is 55.6 cm³/mol. The molecule has 0 aliphatic carbocycles. The van der Waals surface area contributed by atoms with Gasteiger partial charge in [-0.15, -0.1) is 0 Å². The lowest BCUT2D eigenvalue weighted by atomic mass is 10.2. The number of nitrogens with one attached hydrogen (secondary N) is 2. The van der Waals surface area contributed by atoms with Crippen molar-refractivity contribution >= 4 is 5.84 Å². The van der Waals surface area contributed by atoms with Gasteiger partial charge in [-0.25, -0.2) is 0 Å². The highest BCUT2D eigenvalue weighted by Crippen LogP contribution is 2.17. The van der Waals surface area contributed by atoms with Gasteiger partial charge >= 0.3 is 0 Å². The van der Waals surface area contributed by atoms with Gasteiger partial charge in [0.05, 0.1) is 12.2 Å². The SMILES string of the molecule is COCCOc1ccccc1C(=N)NO. The lowest BCUT2D eigenvalue weighted by Gasteiger charge is -2.10. The lowest BCUT2D eigenvalue weighted by Crippen LogP contribution is -2.20. The number of hydrogen-bond donors (Lipinski definition) is 3. The molecule has 0 amide bonds. The standard InChI is InChI=1S/C10H14N2O3/c1-14-6-7-15-9-5-3-2-4-8(9)10(11)12-13/h2-5,13H,6-7H2,1H3,(H2,11,12). The first-order valence-corrected chi connectivity index (χ1v) is 4.49. The van der Waals surface area contributed by atoms with E-state index in [0.717, 1.165) is 0 Å². The van der Waals surface area contributed by atoms with Gasteiger partial charge in [-0.05, 0) is 12.1 Å². The molecule has 0 atom stereocenters. The highest BCUT2D eigenvalue weighted by atomic mass is 16.5. The lowest BCUT2D eigenvalue weighted by molar-refractivity contribution is 0.146. The molecular weight excluding hydrogens is 196 g/mol. The van der Waals surface area contributed by atoms with E-state index in [1.54, 1.807) is 36.9 Å². The quantitative estimate of drug-likeness (QED) is 0.293. The van der Waals surface area contributed by atoms with E-state index in [4.69, 9.17) is 20.1 Å². The van der Waals surface area contributed by atoms with Crippen molar-refractivity contribution in [1.82, 2.24) is 5.48 Å². The van der Waals surface area contributed by atoms with Crippen molar-refractivity contribution < 1.29 is 14.7 Å². The van der Waals surface area contributed by atoms with Crippen molar-refractivity contribution in [3.8, 4) is 5.75 Å². The summed E-state index contributed by atoms with van der Waals surface area (Å²) in [6.07, 6.45) is 0. The van der Waals surface area contributed by atoms with Gasteiger partial charge in [0.15, 0.2) is 5.84 Å². The number of rotatable bonds is 5. The molecule has 0 radical (unpaired) electrons. The molecule has 5 nitrogen and oxygen atoms in total. The molecule has 5 heteroatoms. The molecule has 0 bridgehead atoms. The van der Waals surface area contributed by atoms with Crippen LogP contribution < -0.4 is 10.2 Å². The van der Waals surface area contributed by atoms with Crippen LogP contribution in [0.15, 0.2) is 24.3 Å². The minimum Gasteiger partial charge on any atom is -0.490 e. The fraction of sp³-hybridized carbons (Fsp3) is 0.300. The Labute approximate surface area is 88.1 Å². The molecule has 82 valence electrons. The summed E-state index contributed by atoms with van der Waals surface area (Å²) in [5.41, 5.74) is 2.29. The minimum absolute atomic E-state index is 0.0944. The molecule has 1 aromatic rings. The Bertz CT molecular complexity index is 328. The number of amidine groups is 1. The van der Waals surface area contributed by atoms with Crippen LogP contribution in [0.1, 0.15) is 5.56 Å². The monoisotopic (exact) mass is 210 g/mol. The van der Waals surface area contributed by atoms with E-state index in [0.29, 0.717) is 24.5 Å². The molecule has 0 unspecified atom stereocenters. The zero-order valence-electron chi connectivity index (χ0n) is 8.49. The molecule has 0 aromatic heterocycles. The van der Waals surface area contributed by atoms with Crippen LogP contribution in [-0.4, -0.2) is 31.4 Å². The van der Waals surface area contributed by atoms with Gasteiger partial charge in [-0.3, -0.25) is 16.1 Å². The third kappa shape index (κ3) is 3.23. The number of methoxy groups -OCH3 is 1. The van der Waals surface area contributed by atoms with E-state index in [1.165, 1.54) is 0 Å². The number of hydroxylamine groups is 1. The summed E-state index contributed by atoms with van der Waals surface area (Å²) in [6, 6.07) is 6.99. The van der Waals surface area contributed by atoms with Crippen molar-refractivity contribution in [2.45, 2.75) is 0 Å². The predicted octanol–water partition coefficient (Wildman–Crippen LogP) is 1.02. The van der Waals surface area contributed by atoms with Gasteiger partial charge in [-0.2, -0.15) is 0 Å². The van der Waals surface area contributed by atoms with Crippen LogP contribution >= 0.6 is 0 Å². The maximum absolute atomic E-state index is 8.63. The molecule has 0 aliphatic heterocycles. The Hall–Kier alpha value is -1.59. The summed E-state index contributed by atoms with van der Waals surface area (Å²) >= 11 is 0. The Morgan fingerprint density at radius 1 is 1.40 bits per heavy atom. The van der Waals surface area contributed by atoms with Crippen LogP contribution in [0.25, 0.3) is 0 Å². The Balaban J connectivity index is 2.73. The average molecular weight is 210 g/mol. The number of ether oxygens (including phenoxy) is 2. The summed E-state index contributed by atoms with van der Waals surface area (Å²) in [7, 11) is 1.59. The molecule has 0 spiro atoms. The third-order valence-corrected chi connectivity index (χ3v) is 1.81. The highest BCUT2D eigenvalue weighted by molar-refractivity contribution is 5.98. The Morgan fingerprint density at radius 2 is 2.13 bits per heavy atom. The van der Waals surface area contributed by atoms with Crippen LogP contribution in [-0.2, 0) is 4.74 Å². The van der Waals surface area contributed by atoms with Gasteiger partial charge in [0.2, 0.25) is 0 Å². The molecule has 1 aromatic carbocycles. The van der Waals surface area contributed by atoms with Crippen molar-refractivity contribution in [2.75, 3.05) is 20.3 Å². The number of benzene rings is 1. The number of hydrogen-bond acceptors (Lipinski definition) is 4. The van der Waals surface area contributed by atoms with Crippen molar-refractivity contribution in [3.63, 3.8) is 0 Å². The number of para-hydroxylation sites is 1. The minimum atomic E-state index is -0.0944. The second-order valence-electron chi connectivity index (χ2n) is 2.82. The Morgan fingerprint density at radius 3 is 2.80 bits per heavy atom. The topological polar surface area (TPSA) is 74.6 Å². The van der Waals surface area contributed by atoms with E-state index < -0.39 is 0 Å². The summed E-state index contributed by atoms with van der Waals surface area (Å²) in [5, 5.41) is 16.1. The van der Waals surface area contributed by atoms with E-state index >= 15 is 0 Å². The molecule has 1 rings (SSSR count). The molecular formula is C10H14N2O3. The smallest absolute Gasteiger partial charge is 0.153 e. The maximum atomic E-state index is 8.63. The van der Waals surface area contributed by atoms with Crippen molar-refractivity contribution in [3.05, 3.63) is 29.8 Å². The largest absolute Gasteiger partial charge is 0.490 e. The molecule has 0 heterocycles. The Kier molecular flexibility index (Phi) is 4.59. The first-order valence-electron chi connectivity index (χ1n) is 4.49. The van der Waals surface area contributed by atoms with Crippen LogP contribution in [0, 0.1) is 5.41 Å². The van der Waals surface area contributed by atoms with E-state index in [-0.39, 0.29) is 5.84 Å². The first kappa shape index (κ1) is 11.5. The van der Waals surface area contributed by atoms with Gasteiger partial charge in [-0.1, -0.05) is 12.1 Å². The molecule has 15 heavy (non-hydrogen) atoms. The molecule has 0 fully saturated rings. The van der Waals surface area contributed by atoms with Crippen LogP contribution in [0.4, 0.5) is 0 Å². The summed E-state index contributed by atoms with van der Waals surface area (Å²) < 4.78 is 10.2. The van der Waals surface area contributed by atoms with Crippen LogP contribution in [0.3, 0.4) is 0 Å². The van der Waals surface area contributed by atoms with Gasteiger partial charge in [0, 0.05) is 7.11 Å². The normalized spacial score (nSPS) is 9.73. The molecule has 0 aliphatic rings. The fourth-order valence-electron chi connectivity index (χ4n) is 1.09. The zero-order chi connectivity index (χ0) is 11.1. The van der Waals surface area contributed by atoms with Crippen LogP contribution in [0.5, 0.6) is 5.75 Å². The van der Waals surface area contributed by atoms with Crippen molar-refractivity contribution in [1.29, 1.82) is 5.41 Å². The van der Waals surface area contributed by atoms with Crippen LogP contribution in [0.2, 0.25) is 0 Å². The van der Waals surface area contributed by atoms with Crippen molar-refractivity contribution in [2.24, 2.45) is 0 Å². The zero-order valence-corrected chi connectivity index (χ0v) is 8.49. The second kappa shape index (κ2) is 6.00. The van der Waals surface area contributed by atoms with Gasteiger partial charge in [0.1, 0.15) is 12.4 Å². The maximum Gasteiger partial charge on any atom is 0.153 e. The van der Waals surface area contributed by atoms with E-state index in [1.807, 2.05) is 0 Å². The summed E-state index contributed by atoms with van der Waals surface area (Å²) in [4.78, 5) is 0. The second-order valence-corrected chi connectivity index (χ2v) is 2.82.